The number of fused-ring (bicyclic) bond motifs is 1. The number of methoxy groups -OCH3 is 3. The number of nitrogens with two attached hydrogens (primary N) is 2. The number of hydrogen-bond donors (Lipinski definition) is 2. The third kappa shape index (κ3) is 4.17. The van der Waals surface area contributed by atoms with Crippen LogP contribution >= 0.6 is 11.3 Å². The van der Waals surface area contributed by atoms with E-state index in [-0.39, 0.29) is 23.0 Å². The molecule has 4 N–H and O–H groups in total. The molecule has 0 radical (unpaired) electrons. The van der Waals surface area contributed by atoms with Crippen molar-refractivity contribution >= 4 is 39.0 Å². The monoisotopic (exact) mass is 495 g/mol. The van der Waals surface area contributed by atoms with Gasteiger partial charge in [-0.1, -0.05) is 13.8 Å². The fourth-order valence-electron chi connectivity index (χ4n) is 4.93. The maximum atomic E-state index is 13.5. The van der Waals surface area contributed by atoms with E-state index in [4.69, 9.17) is 25.7 Å². The van der Waals surface area contributed by atoms with Crippen LogP contribution in [-0.4, -0.2) is 50.2 Å². The first kappa shape index (κ1) is 24.4. The summed E-state index contributed by atoms with van der Waals surface area (Å²) in [6.07, 6.45) is 1.08. The van der Waals surface area contributed by atoms with E-state index in [1.807, 2.05) is 4.90 Å². The summed E-state index contributed by atoms with van der Waals surface area (Å²) in [7, 11) is 4.54. The van der Waals surface area contributed by atoms with Crippen LogP contribution in [0.5, 0.6) is 17.2 Å². The van der Waals surface area contributed by atoms with Crippen molar-refractivity contribution in [2.75, 3.05) is 45.9 Å². The van der Waals surface area contributed by atoms with Gasteiger partial charge in [-0.05, 0) is 36.0 Å². The van der Waals surface area contributed by atoms with E-state index in [1.165, 1.54) is 32.7 Å². The van der Waals surface area contributed by atoms with E-state index >= 15 is 0 Å². The van der Waals surface area contributed by atoms with Crippen LogP contribution in [0.1, 0.15) is 35.5 Å². The van der Waals surface area contributed by atoms with Crippen LogP contribution in [0.2, 0.25) is 0 Å². The molecule has 35 heavy (non-hydrogen) atoms. The summed E-state index contributed by atoms with van der Waals surface area (Å²) in [5, 5.41) is 10.5. The van der Waals surface area contributed by atoms with Crippen molar-refractivity contribution in [3.05, 3.63) is 22.6 Å². The van der Waals surface area contributed by atoms with E-state index < -0.39 is 0 Å². The lowest BCUT2D eigenvalue weighted by Gasteiger charge is -2.34. The largest absolute Gasteiger partial charge is 0.493 e. The van der Waals surface area contributed by atoms with E-state index in [0.29, 0.717) is 68.4 Å². The molecular formula is C25H29N5O4S. The van der Waals surface area contributed by atoms with Crippen LogP contribution in [0.15, 0.2) is 12.1 Å². The van der Waals surface area contributed by atoms with Gasteiger partial charge in [0.15, 0.2) is 11.5 Å². The summed E-state index contributed by atoms with van der Waals surface area (Å²) in [6, 6.07) is 5.60. The number of nitrogen functional groups attached to an aromatic ring is 2. The van der Waals surface area contributed by atoms with Gasteiger partial charge in [-0.3, -0.25) is 4.79 Å². The molecule has 1 fully saturated rings. The van der Waals surface area contributed by atoms with Crippen molar-refractivity contribution in [1.29, 1.82) is 5.26 Å². The molecule has 10 heteroatoms. The number of nitriles is 1. The van der Waals surface area contributed by atoms with Crippen molar-refractivity contribution in [1.82, 2.24) is 9.88 Å². The minimum Gasteiger partial charge on any atom is -0.493 e. The highest BCUT2D eigenvalue weighted by molar-refractivity contribution is 7.21. The molecule has 1 aromatic carbocycles. The molecule has 0 saturated carbocycles. The lowest BCUT2D eigenvalue weighted by molar-refractivity contribution is 0.0629. The first-order valence-electron chi connectivity index (χ1n) is 11.2. The Morgan fingerprint density at radius 3 is 2.23 bits per heavy atom. The van der Waals surface area contributed by atoms with Crippen LogP contribution in [0.4, 0.5) is 11.5 Å². The Balaban J connectivity index is 1.96. The second-order valence-corrected chi connectivity index (χ2v) is 9.95. The Hall–Kier alpha value is -3.71. The average molecular weight is 496 g/mol. The molecule has 0 spiro atoms. The highest BCUT2D eigenvalue weighted by Crippen LogP contribution is 2.47. The number of rotatable bonds is 5. The van der Waals surface area contributed by atoms with E-state index in [1.54, 1.807) is 12.1 Å². The van der Waals surface area contributed by atoms with Crippen molar-refractivity contribution < 1.29 is 19.0 Å². The first-order valence-corrected chi connectivity index (χ1v) is 12.1. The average Bonchev–Trinajstić information content (AvgIpc) is 3.16. The molecule has 2 unspecified atom stereocenters. The normalized spacial score (nSPS) is 17.8. The van der Waals surface area contributed by atoms with Gasteiger partial charge in [0.2, 0.25) is 5.75 Å². The van der Waals surface area contributed by atoms with Crippen LogP contribution in [0, 0.1) is 23.2 Å². The van der Waals surface area contributed by atoms with Crippen LogP contribution in [0.3, 0.4) is 0 Å². The Bertz CT molecular complexity index is 1310. The molecule has 2 atom stereocenters. The van der Waals surface area contributed by atoms with E-state index in [9.17, 15) is 10.1 Å². The molecule has 0 bridgehead atoms. The van der Waals surface area contributed by atoms with Gasteiger partial charge in [0.25, 0.3) is 5.91 Å². The number of hydrogen-bond acceptors (Lipinski definition) is 9. The number of piperidine rings is 1. The number of carbonyl (C=O) groups is 1. The second kappa shape index (κ2) is 9.50. The zero-order valence-electron chi connectivity index (χ0n) is 20.5. The standard InChI is InChI=1S/C25H29N5O4S/c1-12-6-13(2)11-30(10-12)25(31)22-20(27)19-18(15(9-26)23(28)29-24(19)35-22)14-7-16(32-3)21(34-5)17(8-14)33-4/h7-8,12-13H,6,10-11,27H2,1-5H3,(H2,28,29). The fourth-order valence-corrected chi connectivity index (χ4v) is 6.01. The number of nitrogens with zero attached hydrogens (tertiary/aromatic N) is 3. The van der Waals surface area contributed by atoms with Crippen molar-refractivity contribution in [3.63, 3.8) is 0 Å². The molecule has 4 rings (SSSR count). The number of carbonyl (C=O) groups excluding carboxylic acids is 1. The number of likely N-dealkylation sites (tertiary alicyclic amines) is 1. The van der Waals surface area contributed by atoms with Gasteiger partial charge in [0.1, 0.15) is 27.2 Å². The van der Waals surface area contributed by atoms with Crippen LogP contribution in [0.25, 0.3) is 21.3 Å². The molecular weight excluding hydrogens is 466 g/mol. The number of thiophene rings is 1. The summed E-state index contributed by atoms with van der Waals surface area (Å²) in [6.45, 7) is 5.65. The van der Waals surface area contributed by atoms with Crippen molar-refractivity contribution in [2.24, 2.45) is 11.8 Å². The SMILES string of the molecule is COc1cc(-c2c(C#N)c(N)nc3sc(C(=O)N4CC(C)CC(C)C4)c(N)c23)cc(OC)c1OC. The van der Waals surface area contributed by atoms with Crippen LogP contribution < -0.4 is 25.7 Å². The van der Waals surface area contributed by atoms with Gasteiger partial charge in [-0.15, -0.1) is 11.3 Å². The molecule has 1 saturated heterocycles. The van der Waals surface area contributed by atoms with Crippen molar-refractivity contribution in [2.45, 2.75) is 20.3 Å². The maximum absolute atomic E-state index is 13.5. The minimum atomic E-state index is -0.128. The number of pyridine rings is 1. The zero-order valence-corrected chi connectivity index (χ0v) is 21.3. The third-order valence-electron chi connectivity index (χ3n) is 6.32. The summed E-state index contributed by atoms with van der Waals surface area (Å²) in [4.78, 5) is 20.7. The predicted molar refractivity (Wildman–Crippen MR) is 137 cm³/mol. The van der Waals surface area contributed by atoms with E-state index in [0.717, 1.165) is 6.42 Å². The molecule has 184 valence electrons. The number of ether oxygens (including phenoxy) is 3. The number of aromatic nitrogens is 1. The van der Waals surface area contributed by atoms with Gasteiger partial charge in [-0.2, -0.15) is 5.26 Å². The van der Waals surface area contributed by atoms with Crippen LogP contribution in [-0.2, 0) is 0 Å². The molecule has 3 aromatic rings. The summed E-state index contributed by atoms with van der Waals surface area (Å²) >= 11 is 1.19. The third-order valence-corrected chi connectivity index (χ3v) is 7.41. The number of anilines is 2. The van der Waals surface area contributed by atoms with Gasteiger partial charge < -0.3 is 30.6 Å². The predicted octanol–water partition coefficient (Wildman–Crippen LogP) is 4.14. The quantitative estimate of drug-likeness (QED) is 0.539. The zero-order chi connectivity index (χ0) is 25.4. The second-order valence-electron chi connectivity index (χ2n) is 8.95. The van der Waals surface area contributed by atoms with Crippen molar-refractivity contribution in [3.8, 4) is 34.4 Å². The summed E-state index contributed by atoms with van der Waals surface area (Å²) in [5.74, 6) is 1.99. The molecule has 9 nitrogen and oxygen atoms in total. The number of amides is 1. The Morgan fingerprint density at radius 2 is 1.71 bits per heavy atom. The lowest BCUT2D eigenvalue weighted by Crippen LogP contribution is -2.42. The molecule has 0 aliphatic carbocycles. The Morgan fingerprint density at radius 1 is 1.11 bits per heavy atom. The topological polar surface area (TPSA) is 137 Å². The Labute approximate surface area is 208 Å². The molecule has 1 aliphatic rings. The summed E-state index contributed by atoms with van der Waals surface area (Å²) < 4.78 is 16.4. The molecule has 1 amide bonds. The minimum absolute atomic E-state index is 0.0595. The maximum Gasteiger partial charge on any atom is 0.266 e. The fraction of sp³-hybridized carbons (Fsp3) is 0.400. The molecule has 2 aromatic heterocycles. The summed E-state index contributed by atoms with van der Waals surface area (Å²) in [5.41, 5.74) is 14.3. The van der Waals surface area contributed by atoms with Gasteiger partial charge in [0, 0.05) is 24.0 Å². The molecule has 1 aliphatic heterocycles. The highest BCUT2D eigenvalue weighted by atomic mass is 32.1. The Kier molecular flexibility index (Phi) is 6.63. The smallest absolute Gasteiger partial charge is 0.266 e. The molecule has 3 heterocycles. The van der Waals surface area contributed by atoms with Gasteiger partial charge in [0.05, 0.1) is 27.0 Å². The first-order chi connectivity index (χ1) is 16.7. The highest BCUT2D eigenvalue weighted by Gasteiger charge is 2.31. The van der Waals surface area contributed by atoms with E-state index in [2.05, 4.69) is 24.9 Å². The lowest BCUT2D eigenvalue weighted by atomic mass is 9.91. The van der Waals surface area contributed by atoms with Gasteiger partial charge in [-0.25, -0.2) is 4.98 Å². The number of benzene rings is 1. The van der Waals surface area contributed by atoms with Gasteiger partial charge >= 0.3 is 0 Å².